The molecular formula is C4H5CoN. The van der Waals surface area contributed by atoms with Gasteiger partial charge in [-0.25, -0.2) is 0 Å². The second-order valence-corrected chi connectivity index (χ2v) is 0.932. The van der Waals surface area contributed by atoms with Gasteiger partial charge in [0, 0.05) is 0 Å². The van der Waals surface area contributed by atoms with E-state index in [0.717, 1.165) is 0 Å². The van der Waals surface area contributed by atoms with Crippen molar-refractivity contribution in [3.8, 4) is 0 Å². The number of nitrogens with zero attached hydrogens (tertiary/aromatic N) is 1. The Morgan fingerprint density at radius 2 is 2.33 bits per heavy atom. The molecule has 0 aliphatic rings. The first-order chi connectivity index (χ1) is 2.91. The van der Waals surface area contributed by atoms with Gasteiger partial charge in [-0.05, 0) is 0 Å². The SMILES string of the molecule is C=C/C=C\[N]=[Co]. The fourth-order valence-electron chi connectivity index (χ4n) is 0.0895. The van der Waals surface area contributed by atoms with Crippen LogP contribution >= 0.6 is 0 Å². The van der Waals surface area contributed by atoms with Crippen LogP contribution in [-0.2, 0) is 15.5 Å². The molecule has 0 rings (SSSR count). The Morgan fingerprint density at radius 1 is 1.67 bits per heavy atom. The molecule has 0 radical (unpaired) electrons. The maximum absolute atomic E-state index is 3.59. The van der Waals surface area contributed by atoms with Crippen molar-refractivity contribution in [1.29, 1.82) is 0 Å². The van der Waals surface area contributed by atoms with Crippen LogP contribution in [0.4, 0.5) is 0 Å². The van der Waals surface area contributed by atoms with Gasteiger partial charge in [-0.15, -0.1) is 0 Å². The molecule has 1 nitrogen and oxygen atoms in total. The van der Waals surface area contributed by atoms with Crippen LogP contribution in [0, 0.1) is 0 Å². The number of rotatable bonds is 2. The first-order valence-corrected chi connectivity index (χ1v) is 1.95. The molecule has 0 aliphatic heterocycles. The third-order valence-electron chi connectivity index (χ3n) is 0.272. The monoisotopic (exact) mass is 126 g/mol. The Kier molecular flexibility index (Phi) is 4.62. The van der Waals surface area contributed by atoms with Crippen LogP contribution in [0.15, 0.2) is 28.9 Å². The molecule has 0 aromatic carbocycles. The third kappa shape index (κ3) is 3.79. The molecular weight excluding hydrogens is 121 g/mol. The number of allylic oxidation sites excluding steroid dienone is 2. The van der Waals surface area contributed by atoms with Crippen LogP contribution in [0.25, 0.3) is 0 Å². The number of hydrogen-bond acceptors (Lipinski definition) is 1. The van der Waals surface area contributed by atoms with E-state index in [2.05, 4.69) is 26.1 Å². The zero-order valence-electron chi connectivity index (χ0n) is 3.22. The predicted octanol–water partition coefficient (Wildman–Crippen LogP) is 1.42. The molecule has 0 amide bonds. The standard InChI is InChI=1S/C4H5N.Co/c1-2-3-4-5;/h2-4H,1H2;/b4-3-;. The molecule has 0 aromatic rings. The van der Waals surface area contributed by atoms with Crippen molar-refractivity contribution in [3.05, 3.63) is 24.9 Å². The first-order valence-electron chi connectivity index (χ1n) is 1.48. The Balaban J connectivity index is 3.17. The van der Waals surface area contributed by atoms with Gasteiger partial charge in [-0.3, -0.25) is 0 Å². The quantitative estimate of drug-likeness (QED) is 0.496. The summed E-state index contributed by atoms with van der Waals surface area (Å²) in [5, 5.41) is 0. The Labute approximate surface area is 45.1 Å². The molecule has 0 fully saturated rings. The second kappa shape index (κ2) is 4.79. The van der Waals surface area contributed by atoms with Crippen molar-refractivity contribution in [2.24, 2.45) is 4.00 Å². The van der Waals surface area contributed by atoms with Crippen molar-refractivity contribution in [2.75, 3.05) is 0 Å². The fraction of sp³-hybridized carbons (Fsp3) is 0. The minimum absolute atomic E-state index is 1.55. The van der Waals surface area contributed by atoms with Gasteiger partial charge >= 0.3 is 44.5 Å². The van der Waals surface area contributed by atoms with Crippen LogP contribution in [0.2, 0.25) is 0 Å². The van der Waals surface area contributed by atoms with E-state index < -0.39 is 0 Å². The third-order valence-corrected chi connectivity index (χ3v) is 0.427. The Morgan fingerprint density at radius 3 is 2.50 bits per heavy atom. The summed E-state index contributed by atoms with van der Waals surface area (Å²) in [6.07, 6.45) is 4.89. The molecule has 0 spiro atoms. The van der Waals surface area contributed by atoms with Gasteiger partial charge in [0.1, 0.15) is 0 Å². The van der Waals surface area contributed by atoms with E-state index in [1.807, 2.05) is 0 Å². The van der Waals surface area contributed by atoms with Gasteiger partial charge in [0.05, 0.1) is 0 Å². The van der Waals surface area contributed by atoms with Crippen LogP contribution in [0.3, 0.4) is 0 Å². The van der Waals surface area contributed by atoms with Gasteiger partial charge in [-0.1, -0.05) is 0 Å². The van der Waals surface area contributed by atoms with E-state index in [4.69, 9.17) is 0 Å². The molecule has 0 heterocycles. The summed E-state index contributed by atoms with van der Waals surface area (Å²) < 4.78 is 3.36. The maximum atomic E-state index is 3.59. The van der Waals surface area contributed by atoms with Crippen LogP contribution in [0.5, 0.6) is 0 Å². The van der Waals surface area contributed by atoms with Crippen molar-refractivity contribution in [3.63, 3.8) is 0 Å². The molecule has 0 saturated heterocycles. The van der Waals surface area contributed by atoms with Gasteiger partial charge in [-0.2, -0.15) is 0 Å². The second-order valence-electron chi connectivity index (χ2n) is 0.663. The summed E-state index contributed by atoms with van der Waals surface area (Å²) in [6.45, 7) is 3.42. The summed E-state index contributed by atoms with van der Waals surface area (Å²) in [5.41, 5.74) is 0. The van der Waals surface area contributed by atoms with Crippen LogP contribution in [-0.4, -0.2) is 0 Å². The van der Waals surface area contributed by atoms with Gasteiger partial charge in [0.15, 0.2) is 0 Å². The molecule has 0 N–H and O–H groups in total. The molecule has 0 saturated carbocycles. The Bertz CT molecular complexity index is 65.6. The normalized spacial score (nSPS) is 8.83. The van der Waals surface area contributed by atoms with E-state index in [0.29, 0.717) is 0 Å². The van der Waals surface area contributed by atoms with E-state index in [-0.39, 0.29) is 0 Å². The molecule has 0 aliphatic carbocycles. The summed E-state index contributed by atoms with van der Waals surface area (Å²) in [5.74, 6) is 0. The zero-order valence-corrected chi connectivity index (χ0v) is 4.26. The predicted molar refractivity (Wildman–Crippen MR) is 21.8 cm³/mol. The fourth-order valence-corrected chi connectivity index (χ4v) is 0.179. The van der Waals surface area contributed by atoms with E-state index in [1.165, 1.54) is 0 Å². The molecule has 2 heteroatoms. The average Bonchev–Trinajstić information content (AvgIpc) is 1.61. The molecule has 6 heavy (non-hydrogen) atoms. The average molecular weight is 126 g/mol. The molecule has 35 valence electrons. The van der Waals surface area contributed by atoms with E-state index in [9.17, 15) is 0 Å². The van der Waals surface area contributed by atoms with Crippen molar-refractivity contribution < 1.29 is 15.5 Å². The topological polar surface area (TPSA) is 12.4 Å². The molecule has 0 unspecified atom stereocenters. The summed E-state index contributed by atoms with van der Waals surface area (Å²) in [7, 11) is 0. The van der Waals surface area contributed by atoms with Crippen molar-refractivity contribution >= 4 is 0 Å². The van der Waals surface area contributed by atoms with Crippen LogP contribution < -0.4 is 0 Å². The van der Waals surface area contributed by atoms with Crippen molar-refractivity contribution in [2.45, 2.75) is 0 Å². The number of hydrogen-bond donors (Lipinski definition) is 0. The minimum atomic E-state index is 1.55. The first kappa shape index (κ1) is 5.79. The molecule has 0 bridgehead atoms. The zero-order chi connectivity index (χ0) is 4.83. The molecule has 0 atom stereocenters. The van der Waals surface area contributed by atoms with Gasteiger partial charge in [0.25, 0.3) is 0 Å². The summed E-state index contributed by atoms with van der Waals surface area (Å²) in [4.78, 5) is 0. The summed E-state index contributed by atoms with van der Waals surface area (Å²) in [6, 6.07) is 0. The van der Waals surface area contributed by atoms with Crippen LogP contribution in [0.1, 0.15) is 0 Å². The summed E-state index contributed by atoms with van der Waals surface area (Å²) >= 11 is 3.59. The van der Waals surface area contributed by atoms with E-state index in [1.54, 1.807) is 18.4 Å². The van der Waals surface area contributed by atoms with Gasteiger partial charge in [0.2, 0.25) is 0 Å². The van der Waals surface area contributed by atoms with E-state index >= 15 is 0 Å². The Hall–Kier alpha value is -0.214. The van der Waals surface area contributed by atoms with Crippen molar-refractivity contribution in [1.82, 2.24) is 0 Å². The molecule has 0 aromatic heterocycles. The van der Waals surface area contributed by atoms with Gasteiger partial charge < -0.3 is 0 Å².